The molecule has 0 aliphatic carbocycles. The van der Waals surface area contributed by atoms with Crippen LogP contribution in [0.25, 0.3) is 0 Å². The molecule has 2 rings (SSSR count). The first-order chi connectivity index (χ1) is 9.85. The van der Waals surface area contributed by atoms with E-state index in [0.29, 0.717) is 18.6 Å². The van der Waals surface area contributed by atoms with Crippen molar-refractivity contribution in [1.82, 2.24) is 5.32 Å². The van der Waals surface area contributed by atoms with Gasteiger partial charge in [0.2, 0.25) is 11.8 Å². The smallest absolute Gasteiger partial charge is 0.250 e. The Morgan fingerprint density at radius 3 is 2.62 bits per heavy atom. The average molecular weight is 300 g/mol. The molecule has 21 heavy (non-hydrogen) atoms. The van der Waals surface area contributed by atoms with E-state index >= 15 is 0 Å². The molecule has 0 saturated carbocycles. The van der Waals surface area contributed by atoms with E-state index in [2.05, 4.69) is 5.32 Å². The van der Waals surface area contributed by atoms with E-state index in [1.54, 1.807) is 6.92 Å². The lowest BCUT2D eigenvalue weighted by Gasteiger charge is -2.35. The number of benzene rings is 1. The van der Waals surface area contributed by atoms with E-state index in [1.165, 1.54) is 0 Å². The zero-order chi connectivity index (χ0) is 15.7. The zero-order valence-electron chi connectivity index (χ0n) is 11.6. The molecule has 7 heteroatoms. The van der Waals surface area contributed by atoms with Crippen molar-refractivity contribution in [1.29, 1.82) is 0 Å². The topological polar surface area (TPSA) is 49.4 Å². The third kappa shape index (κ3) is 2.86. The summed E-state index contributed by atoms with van der Waals surface area (Å²) in [5.74, 6) is -5.00. The van der Waals surface area contributed by atoms with Gasteiger partial charge in [0.25, 0.3) is 0 Å². The van der Waals surface area contributed by atoms with Gasteiger partial charge in [-0.05, 0) is 5.92 Å². The van der Waals surface area contributed by atoms with Crippen LogP contribution in [0.5, 0.6) is 0 Å². The second kappa shape index (κ2) is 5.75. The average Bonchev–Trinajstić information content (AvgIpc) is 2.44. The highest BCUT2D eigenvalue weighted by Crippen LogP contribution is 2.26. The van der Waals surface area contributed by atoms with E-state index in [4.69, 9.17) is 0 Å². The van der Waals surface area contributed by atoms with Gasteiger partial charge in [0, 0.05) is 12.1 Å². The predicted octanol–water partition coefficient (Wildman–Crippen LogP) is 1.98. The number of rotatable bonds is 3. The second-order valence-corrected chi connectivity index (χ2v) is 5.08. The Labute approximate surface area is 119 Å². The van der Waals surface area contributed by atoms with Gasteiger partial charge in [-0.25, -0.2) is 13.2 Å². The Hall–Kier alpha value is -2.05. The van der Waals surface area contributed by atoms with Gasteiger partial charge >= 0.3 is 0 Å². The Morgan fingerprint density at radius 2 is 2.00 bits per heavy atom. The normalized spacial score (nSPS) is 20.4. The zero-order valence-corrected chi connectivity index (χ0v) is 11.6. The van der Waals surface area contributed by atoms with E-state index in [-0.39, 0.29) is 5.92 Å². The van der Waals surface area contributed by atoms with E-state index in [1.807, 2.05) is 6.92 Å². The first kappa shape index (κ1) is 15.3. The number of carbonyl (C=O) groups excluding carboxylic acids is 2. The number of hydrogen-bond acceptors (Lipinski definition) is 2. The number of amides is 2. The van der Waals surface area contributed by atoms with E-state index in [0.717, 1.165) is 4.90 Å². The second-order valence-electron chi connectivity index (χ2n) is 5.08. The van der Waals surface area contributed by atoms with E-state index in [9.17, 15) is 22.8 Å². The number of piperazine rings is 1. The van der Waals surface area contributed by atoms with Crippen LogP contribution in [0.15, 0.2) is 12.1 Å². The molecule has 1 N–H and O–H groups in total. The van der Waals surface area contributed by atoms with Gasteiger partial charge in [-0.2, -0.15) is 0 Å². The molecule has 2 amide bonds. The van der Waals surface area contributed by atoms with Crippen molar-refractivity contribution in [3.8, 4) is 0 Å². The van der Waals surface area contributed by atoms with Crippen LogP contribution in [-0.2, 0) is 9.59 Å². The molecule has 0 radical (unpaired) electrons. The molecule has 0 spiro atoms. The molecule has 2 unspecified atom stereocenters. The molecule has 0 bridgehead atoms. The third-order valence-corrected chi connectivity index (χ3v) is 3.63. The predicted molar refractivity (Wildman–Crippen MR) is 70.1 cm³/mol. The van der Waals surface area contributed by atoms with Gasteiger partial charge in [-0.3, -0.25) is 14.5 Å². The maximum absolute atomic E-state index is 13.8. The minimum atomic E-state index is -1.40. The quantitative estimate of drug-likeness (QED) is 0.868. The highest BCUT2D eigenvalue weighted by atomic mass is 19.2. The fraction of sp³-hybridized carbons (Fsp3) is 0.429. The molecule has 114 valence electrons. The van der Waals surface area contributed by atoms with Crippen LogP contribution in [0.4, 0.5) is 18.9 Å². The minimum Gasteiger partial charge on any atom is -0.342 e. The van der Waals surface area contributed by atoms with Crippen molar-refractivity contribution in [3.05, 3.63) is 29.6 Å². The fourth-order valence-corrected chi connectivity index (χ4v) is 2.23. The summed E-state index contributed by atoms with van der Waals surface area (Å²) in [5.41, 5.74) is -0.555. The molecular weight excluding hydrogens is 285 g/mol. The highest BCUT2D eigenvalue weighted by Gasteiger charge is 2.37. The van der Waals surface area contributed by atoms with Crippen LogP contribution >= 0.6 is 0 Å². The van der Waals surface area contributed by atoms with Crippen molar-refractivity contribution in [2.75, 3.05) is 11.4 Å². The molecule has 4 nitrogen and oxygen atoms in total. The van der Waals surface area contributed by atoms with Crippen molar-refractivity contribution in [3.63, 3.8) is 0 Å². The summed E-state index contributed by atoms with van der Waals surface area (Å²) in [6.45, 7) is 3.13. The van der Waals surface area contributed by atoms with Crippen LogP contribution in [0.3, 0.4) is 0 Å². The standard InChI is InChI=1S/C14H15F3N2O2/c1-3-7(2)13-14(21)19(6-11(20)18-13)10-5-8(15)4-9(16)12(10)17/h4-5,7,13H,3,6H2,1-2H3,(H,18,20). The summed E-state index contributed by atoms with van der Waals surface area (Å²) in [5, 5.41) is 2.53. The summed E-state index contributed by atoms with van der Waals surface area (Å²) in [4.78, 5) is 24.8. The van der Waals surface area contributed by atoms with Crippen molar-refractivity contribution in [2.45, 2.75) is 26.3 Å². The molecular formula is C14H15F3N2O2. The number of nitrogens with zero attached hydrogens (tertiary/aromatic N) is 1. The number of halogens is 3. The van der Waals surface area contributed by atoms with Crippen molar-refractivity contribution >= 4 is 17.5 Å². The lowest BCUT2D eigenvalue weighted by molar-refractivity contribution is -0.132. The van der Waals surface area contributed by atoms with Crippen LogP contribution in [0.2, 0.25) is 0 Å². The van der Waals surface area contributed by atoms with Crippen molar-refractivity contribution in [2.24, 2.45) is 5.92 Å². The number of nitrogens with one attached hydrogen (secondary N) is 1. The molecule has 2 atom stereocenters. The van der Waals surface area contributed by atoms with Gasteiger partial charge in [-0.15, -0.1) is 0 Å². The minimum absolute atomic E-state index is 0.175. The Balaban J connectivity index is 2.43. The largest absolute Gasteiger partial charge is 0.342 e. The highest BCUT2D eigenvalue weighted by molar-refractivity contribution is 6.06. The first-order valence-electron chi connectivity index (χ1n) is 6.60. The molecule has 1 aliphatic rings. The lowest BCUT2D eigenvalue weighted by atomic mass is 9.96. The third-order valence-electron chi connectivity index (χ3n) is 3.63. The Kier molecular flexibility index (Phi) is 4.20. The molecule has 1 saturated heterocycles. The summed E-state index contributed by atoms with van der Waals surface area (Å²) in [6.07, 6.45) is 0.616. The molecule has 0 aromatic heterocycles. The van der Waals surface area contributed by atoms with E-state index < -0.39 is 47.5 Å². The summed E-state index contributed by atoms with van der Waals surface area (Å²) in [6, 6.07) is 0.268. The maximum atomic E-state index is 13.8. The van der Waals surface area contributed by atoms with Gasteiger partial charge in [0.15, 0.2) is 11.6 Å². The number of anilines is 1. The van der Waals surface area contributed by atoms with Gasteiger partial charge in [-0.1, -0.05) is 20.3 Å². The lowest BCUT2D eigenvalue weighted by Crippen LogP contribution is -2.60. The fourth-order valence-electron chi connectivity index (χ4n) is 2.23. The summed E-state index contributed by atoms with van der Waals surface area (Å²) < 4.78 is 40.4. The summed E-state index contributed by atoms with van der Waals surface area (Å²) in [7, 11) is 0. The maximum Gasteiger partial charge on any atom is 0.250 e. The van der Waals surface area contributed by atoms with Crippen LogP contribution in [0, 0.1) is 23.4 Å². The number of hydrogen-bond donors (Lipinski definition) is 1. The van der Waals surface area contributed by atoms with Crippen LogP contribution in [0.1, 0.15) is 20.3 Å². The Morgan fingerprint density at radius 1 is 1.33 bits per heavy atom. The van der Waals surface area contributed by atoms with Crippen LogP contribution < -0.4 is 10.2 Å². The molecule has 1 heterocycles. The molecule has 1 aromatic carbocycles. The van der Waals surface area contributed by atoms with Gasteiger partial charge in [0.05, 0.1) is 5.69 Å². The monoisotopic (exact) mass is 300 g/mol. The number of carbonyl (C=O) groups is 2. The molecule has 1 aromatic rings. The molecule has 1 aliphatic heterocycles. The SMILES string of the molecule is CCC(C)C1NC(=O)CN(c2cc(F)cc(F)c2F)C1=O. The van der Waals surface area contributed by atoms with Crippen LogP contribution in [-0.4, -0.2) is 24.4 Å². The van der Waals surface area contributed by atoms with Gasteiger partial charge < -0.3 is 5.32 Å². The Bertz CT molecular complexity index is 592. The van der Waals surface area contributed by atoms with Gasteiger partial charge in [0.1, 0.15) is 18.4 Å². The van der Waals surface area contributed by atoms with Crippen molar-refractivity contribution < 1.29 is 22.8 Å². The summed E-state index contributed by atoms with van der Waals surface area (Å²) >= 11 is 0. The first-order valence-corrected chi connectivity index (χ1v) is 6.60. The molecule has 1 fully saturated rings.